The highest BCUT2D eigenvalue weighted by molar-refractivity contribution is 5.88. The average Bonchev–Trinajstić information content (AvgIpc) is 3.28. The number of aromatic nitrogens is 4. The number of nitrogens with zero attached hydrogens (tertiary/aromatic N) is 3. The molecule has 4 N–H and O–H groups in total. The summed E-state index contributed by atoms with van der Waals surface area (Å²) in [6.07, 6.45) is 5.06. The second kappa shape index (κ2) is 8.55. The molecule has 0 aliphatic carbocycles. The Bertz CT molecular complexity index is 1540. The van der Waals surface area contributed by atoms with Gasteiger partial charge in [0.15, 0.2) is 0 Å². The molecule has 9 heteroatoms. The lowest BCUT2D eigenvalue weighted by molar-refractivity contribution is 0.259. The molecule has 0 saturated carbocycles. The summed E-state index contributed by atoms with van der Waals surface area (Å²) in [4.78, 5) is 36.8. The summed E-state index contributed by atoms with van der Waals surface area (Å²) in [6.45, 7) is 0. The minimum Gasteiger partial charge on any atom is -0.497 e. The van der Waals surface area contributed by atoms with Gasteiger partial charge in [-0.25, -0.2) is 9.78 Å². The maximum atomic E-state index is 13.6. The van der Waals surface area contributed by atoms with Crippen LogP contribution in [0.15, 0.2) is 84.0 Å². The summed E-state index contributed by atoms with van der Waals surface area (Å²) in [6, 6.07) is 17.3. The number of hydrogen-bond acceptors (Lipinski definition) is 5. The number of urea groups is 1. The molecule has 0 aliphatic rings. The fraction of sp³-hybridized carbons (Fsp3) is 0.0400. The van der Waals surface area contributed by atoms with Gasteiger partial charge in [0.05, 0.1) is 35.6 Å². The van der Waals surface area contributed by atoms with Gasteiger partial charge in [0.25, 0.3) is 5.56 Å². The summed E-state index contributed by atoms with van der Waals surface area (Å²) in [7, 11) is 1.61. The second-order valence-electron chi connectivity index (χ2n) is 7.56. The van der Waals surface area contributed by atoms with Gasteiger partial charge < -0.3 is 20.8 Å². The molecule has 5 aromatic rings. The quantitative estimate of drug-likeness (QED) is 0.372. The zero-order valence-electron chi connectivity index (χ0n) is 18.1. The lowest BCUT2D eigenvalue weighted by atomic mass is 10.0. The SMILES string of the molecule is COc1ccc(-c2cc(-c3nc4ccncc4[nH]3)c(=O)n(-c3cccc(NC(N)=O)c3)c2)cc1. The van der Waals surface area contributed by atoms with Crippen LogP contribution < -0.4 is 21.3 Å². The number of anilines is 1. The van der Waals surface area contributed by atoms with Gasteiger partial charge in [0.1, 0.15) is 11.6 Å². The van der Waals surface area contributed by atoms with E-state index >= 15 is 0 Å². The number of pyridine rings is 2. The molecule has 5 rings (SSSR count). The van der Waals surface area contributed by atoms with Crippen molar-refractivity contribution < 1.29 is 9.53 Å². The second-order valence-corrected chi connectivity index (χ2v) is 7.56. The molecule has 3 heterocycles. The van der Waals surface area contributed by atoms with Crippen molar-refractivity contribution in [3.05, 3.63) is 89.6 Å². The van der Waals surface area contributed by atoms with Crippen molar-refractivity contribution in [2.24, 2.45) is 5.73 Å². The van der Waals surface area contributed by atoms with E-state index in [-0.39, 0.29) is 5.56 Å². The summed E-state index contributed by atoms with van der Waals surface area (Å²) < 4.78 is 6.79. The first kappa shape index (κ1) is 21.0. The predicted octanol–water partition coefficient (Wildman–Crippen LogP) is 3.94. The number of fused-ring (bicyclic) bond motifs is 1. The fourth-order valence-electron chi connectivity index (χ4n) is 3.74. The number of carbonyl (C=O) groups is 1. The van der Waals surface area contributed by atoms with Crippen LogP contribution in [0.5, 0.6) is 5.75 Å². The monoisotopic (exact) mass is 452 g/mol. The third kappa shape index (κ3) is 3.97. The van der Waals surface area contributed by atoms with Crippen molar-refractivity contribution in [3.63, 3.8) is 0 Å². The number of primary amides is 1. The van der Waals surface area contributed by atoms with E-state index in [1.165, 1.54) is 4.57 Å². The van der Waals surface area contributed by atoms with Gasteiger partial charge >= 0.3 is 6.03 Å². The number of benzene rings is 2. The third-order valence-corrected chi connectivity index (χ3v) is 5.37. The van der Waals surface area contributed by atoms with Crippen molar-refractivity contribution in [2.45, 2.75) is 0 Å². The number of nitrogens with two attached hydrogens (primary N) is 1. The van der Waals surface area contributed by atoms with E-state index in [9.17, 15) is 9.59 Å². The van der Waals surface area contributed by atoms with Crippen LogP contribution in [-0.2, 0) is 0 Å². The lowest BCUT2D eigenvalue weighted by Gasteiger charge is -2.13. The Morgan fingerprint density at radius 3 is 2.65 bits per heavy atom. The minimum absolute atomic E-state index is 0.277. The Hall–Kier alpha value is -4.92. The Balaban J connectivity index is 1.72. The maximum absolute atomic E-state index is 13.6. The molecule has 3 aromatic heterocycles. The molecule has 168 valence electrons. The molecule has 0 atom stereocenters. The molecule has 2 amide bonds. The molecular formula is C25H20N6O3. The molecule has 2 aromatic carbocycles. The minimum atomic E-state index is -0.687. The van der Waals surface area contributed by atoms with Crippen LogP contribution in [0.1, 0.15) is 0 Å². The Kier molecular flexibility index (Phi) is 5.27. The number of ether oxygens (including phenoxy) is 1. The average molecular weight is 452 g/mol. The largest absolute Gasteiger partial charge is 0.497 e. The van der Waals surface area contributed by atoms with E-state index in [1.807, 2.05) is 24.3 Å². The predicted molar refractivity (Wildman–Crippen MR) is 130 cm³/mol. The highest BCUT2D eigenvalue weighted by atomic mass is 16.5. The summed E-state index contributed by atoms with van der Waals surface area (Å²) in [5.74, 6) is 1.16. The Morgan fingerprint density at radius 1 is 1.09 bits per heavy atom. The van der Waals surface area contributed by atoms with Gasteiger partial charge in [0.2, 0.25) is 0 Å². The standard InChI is InChI=1S/C25H20N6O3/c1-34-19-7-5-15(6-8-19)16-11-20(23-29-21-9-10-27-13-22(21)30-23)24(32)31(14-16)18-4-2-3-17(12-18)28-25(26)33/h2-14H,1H3,(H,29,30)(H3,26,28,33). The van der Waals surface area contributed by atoms with E-state index in [4.69, 9.17) is 10.5 Å². The highest BCUT2D eigenvalue weighted by Gasteiger charge is 2.15. The van der Waals surface area contributed by atoms with Gasteiger partial charge in [-0.15, -0.1) is 0 Å². The molecule has 0 saturated heterocycles. The zero-order valence-corrected chi connectivity index (χ0v) is 18.1. The molecule has 0 radical (unpaired) electrons. The van der Waals surface area contributed by atoms with Crippen molar-refractivity contribution in [3.8, 4) is 34.0 Å². The number of hydrogen-bond donors (Lipinski definition) is 3. The number of amides is 2. The topological polar surface area (TPSA) is 128 Å². The number of carbonyl (C=O) groups excluding carboxylic acids is 1. The van der Waals surface area contributed by atoms with E-state index < -0.39 is 6.03 Å². The first-order valence-corrected chi connectivity index (χ1v) is 10.4. The van der Waals surface area contributed by atoms with E-state index in [0.717, 1.165) is 22.4 Å². The lowest BCUT2D eigenvalue weighted by Crippen LogP contribution is -2.22. The molecule has 0 aliphatic heterocycles. The van der Waals surface area contributed by atoms with Gasteiger partial charge in [0, 0.05) is 18.1 Å². The molecule has 0 unspecified atom stereocenters. The van der Waals surface area contributed by atoms with Crippen LogP contribution in [0, 0.1) is 0 Å². The number of imidazole rings is 1. The van der Waals surface area contributed by atoms with Crippen molar-refractivity contribution in [1.29, 1.82) is 0 Å². The number of H-pyrrole nitrogens is 1. The molecular weight excluding hydrogens is 432 g/mol. The molecule has 0 spiro atoms. The third-order valence-electron chi connectivity index (χ3n) is 5.37. The smallest absolute Gasteiger partial charge is 0.316 e. The number of nitrogens with one attached hydrogen (secondary N) is 2. The first-order valence-electron chi connectivity index (χ1n) is 10.4. The molecule has 9 nitrogen and oxygen atoms in total. The van der Waals surface area contributed by atoms with E-state index in [1.54, 1.807) is 62.1 Å². The van der Waals surface area contributed by atoms with Crippen molar-refractivity contribution in [1.82, 2.24) is 19.5 Å². The van der Waals surface area contributed by atoms with Crippen LogP contribution >= 0.6 is 0 Å². The zero-order chi connectivity index (χ0) is 23.7. The highest BCUT2D eigenvalue weighted by Crippen LogP contribution is 2.27. The summed E-state index contributed by atoms with van der Waals surface area (Å²) >= 11 is 0. The normalized spacial score (nSPS) is 10.9. The molecule has 0 fully saturated rings. The van der Waals surface area contributed by atoms with Crippen molar-refractivity contribution in [2.75, 3.05) is 12.4 Å². The van der Waals surface area contributed by atoms with E-state index in [0.29, 0.717) is 28.3 Å². The van der Waals surface area contributed by atoms with E-state index in [2.05, 4.69) is 20.3 Å². The van der Waals surface area contributed by atoms with Crippen molar-refractivity contribution >= 4 is 22.8 Å². The Morgan fingerprint density at radius 2 is 1.91 bits per heavy atom. The number of aromatic amines is 1. The van der Waals surface area contributed by atoms with Gasteiger partial charge in [-0.05, 0) is 53.6 Å². The van der Waals surface area contributed by atoms with Gasteiger partial charge in [-0.1, -0.05) is 18.2 Å². The molecule has 0 bridgehead atoms. The summed E-state index contributed by atoms with van der Waals surface area (Å²) in [5, 5.41) is 2.54. The maximum Gasteiger partial charge on any atom is 0.316 e. The van der Waals surface area contributed by atoms with Crippen LogP contribution in [0.3, 0.4) is 0 Å². The first-order chi connectivity index (χ1) is 16.5. The van der Waals surface area contributed by atoms with Gasteiger partial charge in [-0.2, -0.15) is 0 Å². The summed E-state index contributed by atoms with van der Waals surface area (Å²) in [5.41, 5.74) is 9.52. The molecule has 34 heavy (non-hydrogen) atoms. The Labute approximate surface area is 193 Å². The van der Waals surface area contributed by atoms with Crippen LogP contribution in [0.2, 0.25) is 0 Å². The van der Waals surface area contributed by atoms with Crippen LogP contribution in [0.4, 0.5) is 10.5 Å². The number of rotatable bonds is 5. The van der Waals surface area contributed by atoms with Crippen LogP contribution in [-0.4, -0.2) is 32.7 Å². The van der Waals surface area contributed by atoms with Crippen LogP contribution in [0.25, 0.3) is 39.2 Å². The number of methoxy groups -OCH3 is 1. The van der Waals surface area contributed by atoms with Gasteiger partial charge in [-0.3, -0.25) is 14.3 Å². The fourth-order valence-corrected chi connectivity index (χ4v) is 3.74.